The third-order valence-corrected chi connectivity index (χ3v) is 8.20. The Balaban J connectivity index is 1.23. The summed E-state index contributed by atoms with van der Waals surface area (Å²) in [5, 5.41) is 11.1. The average Bonchev–Trinajstić information content (AvgIpc) is 3.21. The first kappa shape index (κ1) is 48.5. The highest BCUT2D eigenvalue weighted by Gasteiger charge is 2.02. The number of nitrogens with one attached hydrogen (secondary N) is 4. The predicted molar refractivity (Wildman–Crippen MR) is 218 cm³/mol. The summed E-state index contributed by atoms with van der Waals surface area (Å²) in [6, 6.07) is 16.0. The van der Waals surface area contributed by atoms with Crippen LogP contribution in [0.5, 0.6) is 11.5 Å². The number of urea groups is 2. The highest BCUT2D eigenvalue weighted by atomic mass is 16.6. The van der Waals surface area contributed by atoms with Gasteiger partial charge in [-0.25, -0.2) is 9.59 Å². The minimum atomic E-state index is -0.250. The molecule has 0 fully saturated rings. The zero-order valence-corrected chi connectivity index (χ0v) is 34.1. The first-order chi connectivity index (χ1) is 27.6. The van der Waals surface area contributed by atoms with Gasteiger partial charge in [-0.15, -0.1) is 0 Å². The second-order valence-electron chi connectivity index (χ2n) is 12.9. The van der Waals surface area contributed by atoms with E-state index < -0.39 is 0 Å². The minimum Gasteiger partial charge on any atom is -0.491 e. The lowest BCUT2D eigenvalue weighted by Crippen LogP contribution is -2.39. The van der Waals surface area contributed by atoms with Crippen LogP contribution >= 0.6 is 0 Å². The van der Waals surface area contributed by atoms with Crippen LogP contribution in [0.25, 0.3) is 0 Å². The van der Waals surface area contributed by atoms with Gasteiger partial charge in [-0.3, -0.25) is 0 Å². The smallest absolute Gasteiger partial charge is 0.314 e. The molecule has 14 heteroatoms. The van der Waals surface area contributed by atoms with E-state index in [-0.39, 0.29) is 12.1 Å². The highest BCUT2D eigenvalue weighted by molar-refractivity contribution is 5.74. The summed E-state index contributed by atoms with van der Waals surface area (Å²) in [5.41, 5.74) is 2.67. The molecule has 2 aromatic rings. The monoisotopic (exact) mass is 791 g/mol. The van der Waals surface area contributed by atoms with Gasteiger partial charge in [-0.2, -0.15) is 0 Å². The fraction of sp³-hybridized carbons (Fsp3) is 0.667. The van der Waals surface area contributed by atoms with Crippen LogP contribution in [0.2, 0.25) is 0 Å². The zero-order valence-electron chi connectivity index (χ0n) is 34.1. The molecule has 4 amide bonds. The van der Waals surface area contributed by atoms with Crippen molar-refractivity contribution in [2.24, 2.45) is 0 Å². The van der Waals surface area contributed by atoms with Gasteiger partial charge < -0.3 is 59.2 Å². The topological polar surface area (TPSA) is 156 Å². The van der Waals surface area contributed by atoms with Crippen molar-refractivity contribution in [3.63, 3.8) is 0 Å². The minimum absolute atomic E-state index is 0.250. The Morgan fingerprint density at radius 2 is 0.696 bits per heavy atom. The fourth-order valence-electron chi connectivity index (χ4n) is 5.04. The maximum absolute atomic E-state index is 11.9. The quantitative estimate of drug-likeness (QED) is 0.0663. The molecule has 0 aliphatic carbocycles. The lowest BCUT2D eigenvalue weighted by molar-refractivity contribution is 0.0101. The summed E-state index contributed by atoms with van der Waals surface area (Å²) in [6.07, 6.45) is 8.48. The van der Waals surface area contributed by atoms with Crippen molar-refractivity contribution in [2.75, 3.05) is 119 Å². The van der Waals surface area contributed by atoms with Crippen LogP contribution in [0.15, 0.2) is 48.5 Å². The zero-order chi connectivity index (χ0) is 40.0. The number of hydrogen-bond acceptors (Lipinski definition) is 10. The van der Waals surface area contributed by atoms with Crippen LogP contribution in [-0.4, -0.2) is 131 Å². The number of hydrogen-bond donors (Lipinski definition) is 4. The van der Waals surface area contributed by atoms with E-state index in [1.807, 2.05) is 24.3 Å². The van der Waals surface area contributed by atoms with E-state index in [0.717, 1.165) is 37.2 Å². The first-order valence-electron chi connectivity index (χ1n) is 20.5. The number of carbonyl (C=O) groups is 2. The Kier molecular flexibility index (Phi) is 30.9. The summed E-state index contributed by atoms with van der Waals surface area (Å²) in [4.78, 5) is 23.8. The van der Waals surface area contributed by atoms with E-state index >= 15 is 0 Å². The molecule has 0 heterocycles. The normalized spacial score (nSPS) is 11.0. The van der Waals surface area contributed by atoms with Gasteiger partial charge in [0.1, 0.15) is 24.7 Å². The molecule has 56 heavy (non-hydrogen) atoms. The Bertz CT molecular complexity index is 1110. The van der Waals surface area contributed by atoms with Gasteiger partial charge in [0.05, 0.1) is 79.3 Å². The first-order valence-corrected chi connectivity index (χ1v) is 20.5. The van der Waals surface area contributed by atoms with Crippen LogP contribution in [0.4, 0.5) is 9.59 Å². The molecule has 0 aliphatic rings. The van der Waals surface area contributed by atoms with Crippen molar-refractivity contribution in [1.29, 1.82) is 0 Å². The number of benzene rings is 2. The van der Waals surface area contributed by atoms with E-state index in [4.69, 9.17) is 37.9 Å². The van der Waals surface area contributed by atoms with Crippen LogP contribution in [0.1, 0.15) is 63.5 Å². The van der Waals surface area contributed by atoms with Gasteiger partial charge in [0.25, 0.3) is 0 Å². The van der Waals surface area contributed by atoms with Crippen molar-refractivity contribution in [3.8, 4) is 11.5 Å². The molecule has 2 aromatic carbocycles. The number of aryl methyl sites for hydroxylation is 2. The SMILES string of the molecule is CCCCc1ccc(OCCOCCOCCOCCNC(=O)NCCCCNC(=O)NCCOCCOCCOCCOc2ccc(CCCC)cc2)cc1. The second-order valence-corrected chi connectivity index (χ2v) is 12.9. The van der Waals surface area contributed by atoms with Crippen LogP contribution in [-0.2, 0) is 41.3 Å². The van der Waals surface area contributed by atoms with E-state index in [1.54, 1.807) is 0 Å². The molecule has 0 saturated carbocycles. The van der Waals surface area contributed by atoms with Crippen LogP contribution in [0, 0.1) is 0 Å². The molecule has 0 radical (unpaired) electrons. The van der Waals surface area contributed by atoms with Crippen molar-refractivity contribution < 1.29 is 47.5 Å². The standard InChI is InChI=1S/C42H70N4O10/c1-3-5-9-37-11-15-39(16-12-37)55-35-33-53-31-29-51-27-25-49-23-21-45-41(47)43-19-7-8-20-44-42(48)46-22-24-50-26-28-52-30-32-54-34-36-56-40-17-13-38(14-18-40)10-6-4-2/h11-18H,3-10,19-36H2,1-2H3,(H2,43,45,47)(H2,44,46,48). The highest BCUT2D eigenvalue weighted by Crippen LogP contribution is 2.15. The average molecular weight is 791 g/mol. The Labute approximate surface area is 335 Å². The van der Waals surface area contributed by atoms with Crippen molar-refractivity contribution in [2.45, 2.75) is 65.2 Å². The van der Waals surface area contributed by atoms with Crippen LogP contribution < -0.4 is 30.7 Å². The molecule has 0 bridgehead atoms. The molecule has 2 rings (SSSR count). The molecule has 0 atom stereocenters. The summed E-state index contributed by atoms with van der Waals surface area (Å²) in [6.45, 7) is 12.7. The largest absolute Gasteiger partial charge is 0.491 e. The summed E-state index contributed by atoms with van der Waals surface area (Å²) < 4.78 is 44.5. The molecule has 318 valence electrons. The van der Waals surface area contributed by atoms with Gasteiger partial charge in [-0.1, -0.05) is 51.0 Å². The predicted octanol–water partition coefficient (Wildman–Crippen LogP) is 5.31. The fourth-order valence-corrected chi connectivity index (χ4v) is 5.04. The molecule has 14 nitrogen and oxygen atoms in total. The molecule has 0 unspecified atom stereocenters. The lowest BCUT2D eigenvalue weighted by atomic mass is 10.1. The third-order valence-electron chi connectivity index (χ3n) is 8.20. The Hall–Kier alpha value is -3.66. The number of unbranched alkanes of at least 4 members (excludes halogenated alkanes) is 3. The number of carbonyl (C=O) groups excluding carboxylic acids is 2. The van der Waals surface area contributed by atoms with E-state index in [1.165, 1.54) is 36.8 Å². The van der Waals surface area contributed by atoms with Gasteiger partial charge in [0.2, 0.25) is 0 Å². The maximum Gasteiger partial charge on any atom is 0.314 e. The summed E-state index contributed by atoms with van der Waals surface area (Å²) >= 11 is 0. The molecule has 0 saturated heterocycles. The number of amides is 4. The van der Waals surface area contributed by atoms with Gasteiger partial charge in [0.15, 0.2) is 0 Å². The molecule has 0 spiro atoms. The molecule has 0 aromatic heterocycles. The molecule has 4 N–H and O–H groups in total. The molecular formula is C42H70N4O10. The summed E-state index contributed by atoms with van der Waals surface area (Å²) in [5.74, 6) is 1.71. The second kappa shape index (κ2) is 35.7. The van der Waals surface area contributed by atoms with Crippen molar-refractivity contribution in [3.05, 3.63) is 59.7 Å². The van der Waals surface area contributed by atoms with Crippen LogP contribution in [0.3, 0.4) is 0 Å². The number of ether oxygens (including phenoxy) is 8. The Morgan fingerprint density at radius 1 is 0.393 bits per heavy atom. The van der Waals surface area contributed by atoms with Gasteiger partial charge in [0, 0.05) is 26.2 Å². The van der Waals surface area contributed by atoms with E-state index in [2.05, 4.69) is 59.4 Å². The number of rotatable bonds is 37. The molecule has 0 aliphatic heterocycles. The summed E-state index contributed by atoms with van der Waals surface area (Å²) in [7, 11) is 0. The van der Waals surface area contributed by atoms with E-state index in [0.29, 0.717) is 119 Å². The van der Waals surface area contributed by atoms with Gasteiger partial charge in [-0.05, 0) is 73.9 Å². The van der Waals surface area contributed by atoms with E-state index in [9.17, 15) is 9.59 Å². The Morgan fingerprint density at radius 3 is 1.04 bits per heavy atom. The molecular weight excluding hydrogens is 720 g/mol. The van der Waals surface area contributed by atoms with Gasteiger partial charge >= 0.3 is 12.1 Å². The maximum atomic E-state index is 11.9. The lowest BCUT2D eigenvalue weighted by Gasteiger charge is -2.10. The van der Waals surface area contributed by atoms with Crippen molar-refractivity contribution >= 4 is 12.1 Å². The van der Waals surface area contributed by atoms with Crippen molar-refractivity contribution in [1.82, 2.24) is 21.3 Å². The third kappa shape index (κ3) is 28.7.